The molecule has 1 atom stereocenters. The Kier molecular flexibility index (Phi) is 5.19. The highest BCUT2D eigenvalue weighted by Gasteiger charge is 2.07. The van der Waals surface area contributed by atoms with Crippen LogP contribution in [0, 0.1) is 5.92 Å². The molecule has 15 heavy (non-hydrogen) atoms. The zero-order valence-electron chi connectivity index (χ0n) is 9.66. The lowest BCUT2D eigenvalue weighted by atomic mass is 9.95. The molecule has 0 aliphatic heterocycles. The normalized spacial score (nSPS) is 12.7. The third-order valence-electron chi connectivity index (χ3n) is 2.62. The van der Waals surface area contributed by atoms with Crippen LogP contribution < -0.4 is 5.32 Å². The van der Waals surface area contributed by atoms with E-state index in [1.54, 1.807) is 6.07 Å². The van der Waals surface area contributed by atoms with E-state index in [0.29, 0.717) is 11.7 Å². The van der Waals surface area contributed by atoms with Crippen LogP contribution in [-0.2, 0) is 6.42 Å². The molecule has 84 valence electrons. The van der Waals surface area contributed by atoms with E-state index in [-0.39, 0.29) is 0 Å². The second kappa shape index (κ2) is 6.46. The Morgan fingerprint density at radius 2 is 2.20 bits per heavy atom. The maximum Gasteiger partial charge on any atom is 0.115 e. The van der Waals surface area contributed by atoms with Gasteiger partial charge in [-0.25, -0.2) is 0 Å². The lowest BCUT2D eigenvalue weighted by Crippen LogP contribution is -2.20. The molecule has 0 saturated heterocycles. The van der Waals surface area contributed by atoms with Crippen molar-refractivity contribution in [2.45, 2.75) is 26.2 Å². The zero-order valence-corrected chi connectivity index (χ0v) is 9.66. The molecule has 1 aromatic carbocycles. The Labute approximate surface area is 92.3 Å². The number of hydrogen-bond acceptors (Lipinski definition) is 2. The van der Waals surface area contributed by atoms with Crippen LogP contribution in [0.25, 0.3) is 0 Å². The third-order valence-corrected chi connectivity index (χ3v) is 2.62. The van der Waals surface area contributed by atoms with E-state index in [0.717, 1.165) is 13.0 Å². The van der Waals surface area contributed by atoms with Crippen LogP contribution in [0.15, 0.2) is 24.3 Å². The van der Waals surface area contributed by atoms with Gasteiger partial charge in [0.15, 0.2) is 0 Å². The Hall–Kier alpha value is -1.02. The second-order valence-electron chi connectivity index (χ2n) is 4.09. The van der Waals surface area contributed by atoms with Gasteiger partial charge >= 0.3 is 0 Å². The lowest BCUT2D eigenvalue weighted by Gasteiger charge is -2.15. The Morgan fingerprint density at radius 3 is 2.80 bits per heavy atom. The predicted molar refractivity (Wildman–Crippen MR) is 64.1 cm³/mol. The van der Waals surface area contributed by atoms with Gasteiger partial charge in [-0.15, -0.1) is 0 Å². The molecule has 2 nitrogen and oxygen atoms in total. The molecule has 0 radical (unpaired) electrons. The smallest absolute Gasteiger partial charge is 0.115 e. The van der Waals surface area contributed by atoms with E-state index in [4.69, 9.17) is 0 Å². The van der Waals surface area contributed by atoms with Gasteiger partial charge in [0, 0.05) is 0 Å². The van der Waals surface area contributed by atoms with Crippen molar-refractivity contribution in [3.63, 3.8) is 0 Å². The Balaban J connectivity index is 2.56. The highest BCUT2D eigenvalue weighted by Crippen LogP contribution is 2.17. The first kappa shape index (κ1) is 12.1. The van der Waals surface area contributed by atoms with Crippen LogP contribution in [0.4, 0.5) is 0 Å². The maximum atomic E-state index is 9.37. The van der Waals surface area contributed by atoms with E-state index in [2.05, 4.69) is 18.3 Å². The summed E-state index contributed by atoms with van der Waals surface area (Å²) >= 11 is 0. The largest absolute Gasteiger partial charge is 0.508 e. The molecule has 1 rings (SSSR count). The van der Waals surface area contributed by atoms with Crippen molar-refractivity contribution in [1.29, 1.82) is 0 Å². The van der Waals surface area contributed by atoms with Gasteiger partial charge in [0.2, 0.25) is 0 Å². The van der Waals surface area contributed by atoms with Crippen LogP contribution in [0.1, 0.15) is 25.3 Å². The Bertz CT molecular complexity index is 280. The van der Waals surface area contributed by atoms with Gasteiger partial charge in [-0.1, -0.05) is 25.5 Å². The van der Waals surface area contributed by atoms with Crippen molar-refractivity contribution in [3.05, 3.63) is 29.8 Å². The fraction of sp³-hybridized carbons (Fsp3) is 0.538. The molecular formula is C13H21NO. The van der Waals surface area contributed by atoms with E-state index in [1.165, 1.54) is 18.4 Å². The summed E-state index contributed by atoms with van der Waals surface area (Å²) < 4.78 is 0. The molecule has 0 aromatic heterocycles. The number of rotatable bonds is 6. The molecular weight excluding hydrogens is 186 g/mol. The molecule has 0 aliphatic carbocycles. The van der Waals surface area contributed by atoms with Gasteiger partial charge in [0.1, 0.15) is 5.75 Å². The lowest BCUT2D eigenvalue weighted by molar-refractivity contribution is 0.451. The minimum absolute atomic E-state index is 0.368. The van der Waals surface area contributed by atoms with Crippen LogP contribution >= 0.6 is 0 Å². The van der Waals surface area contributed by atoms with Gasteiger partial charge < -0.3 is 10.4 Å². The second-order valence-corrected chi connectivity index (χ2v) is 4.09. The molecule has 1 unspecified atom stereocenters. The van der Waals surface area contributed by atoms with Crippen molar-refractivity contribution >= 4 is 0 Å². The average molecular weight is 207 g/mol. The number of hydrogen-bond donors (Lipinski definition) is 2. The van der Waals surface area contributed by atoms with Crippen molar-refractivity contribution < 1.29 is 5.11 Å². The highest BCUT2D eigenvalue weighted by molar-refractivity contribution is 5.27. The monoisotopic (exact) mass is 207 g/mol. The van der Waals surface area contributed by atoms with Crippen molar-refractivity contribution in [3.8, 4) is 5.75 Å². The van der Waals surface area contributed by atoms with Gasteiger partial charge in [-0.3, -0.25) is 0 Å². The molecule has 0 aliphatic rings. The topological polar surface area (TPSA) is 32.3 Å². The number of phenolic OH excluding ortho intramolecular Hbond substituents is 1. The molecule has 0 heterocycles. The minimum Gasteiger partial charge on any atom is -0.508 e. The molecule has 2 heteroatoms. The van der Waals surface area contributed by atoms with Crippen LogP contribution in [-0.4, -0.2) is 18.7 Å². The molecule has 0 amide bonds. The van der Waals surface area contributed by atoms with Crippen molar-refractivity contribution in [2.24, 2.45) is 5.92 Å². The first-order chi connectivity index (χ1) is 7.26. The van der Waals surface area contributed by atoms with Gasteiger partial charge in [0.05, 0.1) is 0 Å². The number of aromatic hydroxyl groups is 1. The third kappa shape index (κ3) is 4.34. The number of benzene rings is 1. The molecule has 0 spiro atoms. The first-order valence-electron chi connectivity index (χ1n) is 5.68. The predicted octanol–water partition coefficient (Wildman–Crippen LogP) is 2.57. The quantitative estimate of drug-likeness (QED) is 0.751. The maximum absolute atomic E-state index is 9.37. The summed E-state index contributed by atoms with van der Waals surface area (Å²) in [4.78, 5) is 0. The van der Waals surface area contributed by atoms with Crippen molar-refractivity contribution in [2.75, 3.05) is 13.6 Å². The summed E-state index contributed by atoms with van der Waals surface area (Å²) in [6.45, 7) is 3.26. The number of phenols is 1. The van der Waals surface area contributed by atoms with Crippen LogP contribution in [0.3, 0.4) is 0 Å². The summed E-state index contributed by atoms with van der Waals surface area (Å²) in [6, 6.07) is 7.57. The highest BCUT2D eigenvalue weighted by atomic mass is 16.3. The number of nitrogens with one attached hydrogen (secondary N) is 1. The van der Waals surface area contributed by atoms with E-state index in [9.17, 15) is 5.11 Å². The minimum atomic E-state index is 0.368. The summed E-state index contributed by atoms with van der Waals surface area (Å²) in [6.07, 6.45) is 3.49. The molecule has 0 saturated carbocycles. The van der Waals surface area contributed by atoms with E-state index in [1.807, 2.05) is 19.2 Å². The summed E-state index contributed by atoms with van der Waals surface area (Å²) in [5.74, 6) is 1.04. The molecule has 0 bridgehead atoms. The SMILES string of the molecule is CCCC(CNC)Cc1cccc(O)c1. The molecule has 1 aromatic rings. The van der Waals surface area contributed by atoms with Crippen LogP contribution in [0.2, 0.25) is 0 Å². The fourth-order valence-corrected chi connectivity index (χ4v) is 1.99. The Morgan fingerprint density at radius 1 is 1.40 bits per heavy atom. The fourth-order valence-electron chi connectivity index (χ4n) is 1.99. The van der Waals surface area contributed by atoms with Gasteiger partial charge in [-0.2, -0.15) is 0 Å². The first-order valence-corrected chi connectivity index (χ1v) is 5.68. The van der Waals surface area contributed by atoms with Gasteiger partial charge in [-0.05, 0) is 50.0 Å². The molecule has 2 N–H and O–H groups in total. The van der Waals surface area contributed by atoms with Crippen molar-refractivity contribution in [1.82, 2.24) is 5.32 Å². The van der Waals surface area contributed by atoms with E-state index >= 15 is 0 Å². The standard InChI is InChI=1S/C13H21NO/c1-3-5-12(10-14-2)8-11-6-4-7-13(15)9-11/h4,6-7,9,12,14-15H,3,5,8,10H2,1-2H3. The summed E-state index contributed by atoms with van der Waals surface area (Å²) in [5, 5.41) is 12.6. The summed E-state index contributed by atoms with van der Waals surface area (Å²) in [7, 11) is 1.99. The van der Waals surface area contributed by atoms with Crippen LogP contribution in [0.5, 0.6) is 5.75 Å². The van der Waals surface area contributed by atoms with Gasteiger partial charge in [0.25, 0.3) is 0 Å². The summed E-state index contributed by atoms with van der Waals surface area (Å²) in [5.41, 5.74) is 1.23. The molecule has 0 fully saturated rings. The average Bonchev–Trinajstić information content (AvgIpc) is 2.18. The van der Waals surface area contributed by atoms with E-state index < -0.39 is 0 Å². The zero-order chi connectivity index (χ0) is 11.1.